The molecule has 0 atom stereocenters. The van der Waals surface area contributed by atoms with Crippen LogP contribution < -0.4 is 0 Å². The first kappa shape index (κ1) is 30.0. The summed E-state index contributed by atoms with van der Waals surface area (Å²) in [7, 11) is 0. The van der Waals surface area contributed by atoms with Crippen molar-refractivity contribution < 1.29 is 48.9 Å². The summed E-state index contributed by atoms with van der Waals surface area (Å²) in [6, 6.07) is 0. The molecule has 0 radical (unpaired) electrons. The molecule has 0 amide bonds. The van der Waals surface area contributed by atoms with Gasteiger partial charge in [-0.1, -0.05) is 43.7 Å². The minimum absolute atomic E-state index is 0.0664. The second-order valence-corrected chi connectivity index (χ2v) is 7.64. The van der Waals surface area contributed by atoms with Crippen molar-refractivity contribution in [3.05, 3.63) is 0 Å². The molecule has 0 aromatic carbocycles. The molecule has 0 rings (SSSR count). The summed E-state index contributed by atoms with van der Waals surface area (Å²) in [5.41, 5.74) is 0. The Bertz CT molecular complexity index is 660. The van der Waals surface area contributed by atoms with Crippen LogP contribution in [0.2, 0.25) is 0 Å². The van der Waals surface area contributed by atoms with Gasteiger partial charge in [0.1, 0.15) is 0 Å². The number of carbonyl (C=O) groups excluding carboxylic acids is 3. The third-order valence-corrected chi connectivity index (χ3v) is 4.66. The number of aliphatic carboxylic acids is 2. The van der Waals surface area contributed by atoms with Gasteiger partial charge in [0.05, 0.1) is 6.42 Å². The molecule has 0 fully saturated rings. The second-order valence-electron chi connectivity index (χ2n) is 7.64. The predicted molar refractivity (Wildman–Crippen MR) is 116 cm³/mol. The molecule has 0 aromatic rings. The third-order valence-electron chi connectivity index (χ3n) is 4.66. The van der Waals surface area contributed by atoms with Gasteiger partial charge in [0.25, 0.3) is 0 Å². The van der Waals surface area contributed by atoms with Crippen molar-refractivity contribution in [2.45, 2.75) is 103 Å². The van der Waals surface area contributed by atoms with Crippen LogP contribution in [0.4, 0.5) is 0 Å². The average Bonchev–Trinajstić information content (AvgIpc) is 2.74. The topological polar surface area (TPSA) is 177 Å². The molecule has 0 heterocycles. The zero-order valence-corrected chi connectivity index (χ0v) is 19.0. The van der Waals surface area contributed by atoms with Gasteiger partial charge < -0.3 is 24.9 Å². The van der Waals surface area contributed by atoms with Crippen LogP contribution in [0, 0.1) is 0 Å². The molecule has 0 saturated carbocycles. The molecular weight excluding hydrogens is 438 g/mol. The van der Waals surface area contributed by atoms with Gasteiger partial charge in [-0.05, 0) is 25.7 Å². The van der Waals surface area contributed by atoms with Crippen LogP contribution in [0.3, 0.4) is 0 Å². The number of esters is 3. The highest BCUT2D eigenvalue weighted by Gasteiger charge is 2.15. The summed E-state index contributed by atoms with van der Waals surface area (Å²) in [5, 5.41) is 28.9. The fraction of sp³-hybridized carbons (Fsp3) is 0.727. The fourth-order valence-electron chi connectivity index (χ4n) is 2.89. The van der Waals surface area contributed by atoms with Crippen LogP contribution in [0.5, 0.6) is 0 Å². The Morgan fingerprint density at radius 3 is 1.27 bits per heavy atom. The van der Waals surface area contributed by atoms with Crippen LogP contribution in [0.15, 0.2) is 5.16 Å². The van der Waals surface area contributed by atoms with Crippen molar-refractivity contribution in [2.24, 2.45) is 5.16 Å². The molecule has 188 valence electrons. The number of carboxylic acids is 2. The highest BCUT2D eigenvalue weighted by atomic mass is 16.6. The van der Waals surface area contributed by atoms with E-state index in [2.05, 4.69) is 9.89 Å². The first-order valence-corrected chi connectivity index (χ1v) is 11.3. The number of hydrogen-bond acceptors (Lipinski definition) is 9. The van der Waals surface area contributed by atoms with Crippen molar-refractivity contribution in [1.82, 2.24) is 0 Å². The molecule has 0 aliphatic rings. The Morgan fingerprint density at radius 1 is 0.485 bits per heavy atom. The van der Waals surface area contributed by atoms with E-state index in [1.165, 1.54) is 0 Å². The Balaban J connectivity index is 3.85. The van der Waals surface area contributed by atoms with Crippen molar-refractivity contribution >= 4 is 35.7 Å². The maximum Gasteiger partial charge on any atom is 0.313 e. The summed E-state index contributed by atoms with van der Waals surface area (Å²) in [6.45, 7) is 0. The quantitative estimate of drug-likeness (QED) is 0.0475. The van der Waals surface area contributed by atoms with Gasteiger partial charge in [-0.25, -0.2) is 0 Å². The lowest BCUT2D eigenvalue weighted by Gasteiger charge is -2.06. The summed E-state index contributed by atoms with van der Waals surface area (Å²) < 4.78 is 9.56. The smallest absolute Gasteiger partial charge is 0.313 e. The second kappa shape index (κ2) is 19.7. The van der Waals surface area contributed by atoms with Crippen molar-refractivity contribution in [3.63, 3.8) is 0 Å². The minimum Gasteiger partial charge on any atom is -0.481 e. The molecule has 33 heavy (non-hydrogen) atoms. The maximum atomic E-state index is 11.8. The van der Waals surface area contributed by atoms with E-state index in [1.54, 1.807) is 0 Å². The predicted octanol–water partition coefficient (Wildman–Crippen LogP) is 3.80. The van der Waals surface area contributed by atoms with Crippen molar-refractivity contribution in [3.8, 4) is 0 Å². The van der Waals surface area contributed by atoms with E-state index < -0.39 is 29.8 Å². The highest BCUT2D eigenvalue weighted by Crippen LogP contribution is 2.10. The number of rotatable bonds is 19. The Kier molecular flexibility index (Phi) is 17.9. The number of oxime groups is 1. The van der Waals surface area contributed by atoms with Gasteiger partial charge in [0, 0.05) is 32.1 Å². The fourth-order valence-corrected chi connectivity index (χ4v) is 2.89. The molecule has 3 N–H and O–H groups in total. The van der Waals surface area contributed by atoms with Gasteiger partial charge in [0.15, 0.2) is 0 Å². The standard InChI is InChI=1S/C22H35NO10/c24-18(25)11-7-3-1-5-9-13-20(28)32-17(23-31)15-16-22(30)33-21(29)14-10-6-2-4-8-12-19(26)27/h31H,1-16H2,(H,24,25)(H,26,27)/b23-17-. The van der Waals surface area contributed by atoms with Gasteiger partial charge >= 0.3 is 29.8 Å². The number of carboxylic acid groups (broad SMARTS) is 2. The van der Waals surface area contributed by atoms with E-state index in [1.807, 2.05) is 0 Å². The molecule has 0 aliphatic carbocycles. The van der Waals surface area contributed by atoms with Gasteiger partial charge in [0.2, 0.25) is 5.90 Å². The molecule has 0 bridgehead atoms. The molecule has 0 aromatic heterocycles. The molecule has 0 spiro atoms. The highest BCUT2D eigenvalue weighted by molar-refractivity contribution is 5.91. The van der Waals surface area contributed by atoms with E-state index in [9.17, 15) is 24.0 Å². The number of unbranched alkanes of at least 4 members (excludes halogenated alkanes) is 8. The number of carbonyl (C=O) groups is 5. The molecular formula is C22H35NO10. The van der Waals surface area contributed by atoms with E-state index >= 15 is 0 Å². The van der Waals surface area contributed by atoms with Gasteiger partial charge in [-0.2, -0.15) is 0 Å². The maximum absolute atomic E-state index is 11.8. The van der Waals surface area contributed by atoms with Crippen LogP contribution in [0.1, 0.15) is 103 Å². The van der Waals surface area contributed by atoms with Gasteiger partial charge in [-0.15, -0.1) is 0 Å². The Morgan fingerprint density at radius 2 is 0.848 bits per heavy atom. The largest absolute Gasteiger partial charge is 0.481 e. The van der Waals surface area contributed by atoms with E-state index in [-0.39, 0.29) is 44.4 Å². The Hall–Kier alpha value is -2.98. The molecule has 0 aliphatic heterocycles. The number of nitrogens with zero attached hydrogens (tertiary/aromatic N) is 1. The number of hydrogen-bond donors (Lipinski definition) is 3. The first-order valence-electron chi connectivity index (χ1n) is 11.3. The summed E-state index contributed by atoms with van der Waals surface area (Å²) in [4.78, 5) is 55.9. The SMILES string of the molecule is O=C(O)CCCCCCCC(=O)OC(=O)CC/C(=N/O)OC(=O)CCCCCCCC(=O)O. The molecule has 11 nitrogen and oxygen atoms in total. The summed E-state index contributed by atoms with van der Waals surface area (Å²) >= 11 is 0. The average molecular weight is 474 g/mol. The van der Waals surface area contributed by atoms with Crippen LogP contribution in [0.25, 0.3) is 0 Å². The van der Waals surface area contributed by atoms with Gasteiger partial charge in [-0.3, -0.25) is 24.0 Å². The lowest BCUT2D eigenvalue weighted by Crippen LogP contribution is -2.17. The molecule has 0 saturated heterocycles. The Labute approximate surface area is 193 Å². The van der Waals surface area contributed by atoms with Crippen LogP contribution in [-0.2, 0) is 33.4 Å². The lowest BCUT2D eigenvalue weighted by molar-refractivity contribution is -0.160. The van der Waals surface area contributed by atoms with Crippen molar-refractivity contribution in [2.75, 3.05) is 0 Å². The molecule has 0 unspecified atom stereocenters. The van der Waals surface area contributed by atoms with E-state index in [4.69, 9.17) is 20.2 Å². The first-order chi connectivity index (χ1) is 15.7. The summed E-state index contributed by atoms with van der Waals surface area (Å²) in [5.74, 6) is -4.10. The van der Waals surface area contributed by atoms with E-state index in [0.29, 0.717) is 25.7 Å². The minimum atomic E-state index is -0.831. The molecule has 11 heteroatoms. The van der Waals surface area contributed by atoms with Crippen molar-refractivity contribution in [1.29, 1.82) is 0 Å². The zero-order chi connectivity index (χ0) is 24.9. The van der Waals surface area contributed by atoms with E-state index in [0.717, 1.165) is 38.5 Å². The van der Waals surface area contributed by atoms with Crippen LogP contribution >= 0.6 is 0 Å². The lowest BCUT2D eigenvalue weighted by atomic mass is 10.1. The monoisotopic (exact) mass is 473 g/mol. The summed E-state index contributed by atoms with van der Waals surface area (Å²) in [6.07, 6.45) is 6.74. The van der Waals surface area contributed by atoms with Crippen LogP contribution in [-0.4, -0.2) is 51.2 Å². The third kappa shape index (κ3) is 20.7. The zero-order valence-electron chi connectivity index (χ0n) is 19.0. The normalized spacial score (nSPS) is 11.1. The number of ether oxygens (including phenoxy) is 2.